The van der Waals surface area contributed by atoms with E-state index in [1.54, 1.807) is 88.0 Å². The highest BCUT2D eigenvalue weighted by Gasteiger charge is 2.18. The van der Waals surface area contributed by atoms with Gasteiger partial charge in [0.15, 0.2) is 11.5 Å². The number of aryl methyl sites for hydroxylation is 1. The van der Waals surface area contributed by atoms with Crippen molar-refractivity contribution in [2.75, 3.05) is 24.5 Å². The summed E-state index contributed by atoms with van der Waals surface area (Å²) in [5.41, 5.74) is 4.80. The summed E-state index contributed by atoms with van der Waals surface area (Å²) in [5, 5.41) is 5.13. The van der Waals surface area contributed by atoms with E-state index in [0.717, 1.165) is 16.0 Å². The lowest BCUT2D eigenvalue weighted by atomic mass is 10.2. The molecule has 9 nitrogen and oxygen atoms in total. The van der Waals surface area contributed by atoms with Crippen molar-refractivity contribution in [3.8, 4) is 23.0 Å². The number of amides is 3. The number of hydrogen-bond donors (Lipinski definition) is 2. The van der Waals surface area contributed by atoms with Crippen molar-refractivity contribution in [3.05, 3.63) is 77.4 Å². The molecule has 10 heteroatoms. The van der Waals surface area contributed by atoms with Crippen LogP contribution in [-0.2, 0) is 4.79 Å². The molecule has 4 aromatic rings. The smallest absolute Gasteiger partial charge is 0.345 e. The molecular weight excluding hydrogens is 484 g/mol. The second kappa shape index (κ2) is 10.8. The number of nitrogens with one attached hydrogen (secondary N) is 2. The Morgan fingerprint density at radius 3 is 2.36 bits per heavy atom. The van der Waals surface area contributed by atoms with Crippen LogP contribution in [-0.4, -0.2) is 31.6 Å². The summed E-state index contributed by atoms with van der Waals surface area (Å²) in [7, 11) is 3.13. The first-order chi connectivity index (χ1) is 17.4. The van der Waals surface area contributed by atoms with Crippen molar-refractivity contribution < 1.29 is 23.8 Å². The fraction of sp³-hybridized carbons (Fsp3) is 0.115. The maximum absolute atomic E-state index is 12.9. The fourth-order valence-electron chi connectivity index (χ4n) is 3.61. The molecule has 0 atom stereocenters. The summed E-state index contributed by atoms with van der Waals surface area (Å²) < 4.78 is 16.8. The predicted octanol–water partition coefficient (Wildman–Crippen LogP) is 5.71. The van der Waals surface area contributed by atoms with Crippen LogP contribution in [0.5, 0.6) is 23.0 Å². The average molecular weight is 507 g/mol. The van der Waals surface area contributed by atoms with Gasteiger partial charge in [-0.15, -0.1) is 0 Å². The molecule has 1 aromatic heterocycles. The van der Waals surface area contributed by atoms with E-state index in [2.05, 4.69) is 15.7 Å². The zero-order valence-corrected chi connectivity index (χ0v) is 20.5. The zero-order valence-electron chi connectivity index (χ0n) is 19.7. The van der Waals surface area contributed by atoms with E-state index in [4.69, 9.17) is 25.8 Å². The molecule has 184 valence electrons. The summed E-state index contributed by atoms with van der Waals surface area (Å²) in [6, 6.07) is 16.6. The molecule has 0 spiro atoms. The Morgan fingerprint density at radius 1 is 0.972 bits per heavy atom. The minimum Gasteiger partial charge on any atom is -0.493 e. The highest BCUT2D eigenvalue weighted by atomic mass is 35.5. The van der Waals surface area contributed by atoms with Gasteiger partial charge in [0.25, 0.3) is 0 Å². The highest BCUT2D eigenvalue weighted by molar-refractivity contribution is 6.30. The molecule has 0 saturated carbocycles. The van der Waals surface area contributed by atoms with E-state index in [1.807, 2.05) is 0 Å². The highest BCUT2D eigenvalue weighted by Crippen LogP contribution is 2.37. The van der Waals surface area contributed by atoms with Crippen LogP contribution in [0.15, 0.2) is 66.9 Å². The Labute approximate surface area is 212 Å². The van der Waals surface area contributed by atoms with Crippen LogP contribution >= 0.6 is 11.6 Å². The van der Waals surface area contributed by atoms with Gasteiger partial charge in [0.1, 0.15) is 11.5 Å². The number of rotatable bonds is 8. The number of methoxy groups -OCH3 is 2. The van der Waals surface area contributed by atoms with Gasteiger partial charge in [0.05, 0.1) is 25.4 Å². The number of fused-ring (bicyclic) bond motifs is 1. The minimum absolute atomic E-state index is 0.425. The second-order valence-electron chi connectivity index (χ2n) is 7.60. The van der Waals surface area contributed by atoms with Crippen LogP contribution in [0.1, 0.15) is 5.56 Å². The lowest BCUT2D eigenvalue weighted by molar-refractivity contribution is -0.109. The molecule has 0 aliphatic rings. The van der Waals surface area contributed by atoms with E-state index in [-0.39, 0.29) is 0 Å². The number of ether oxygens (including phenoxy) is 3. The number of urea groups is 1. The van der Waals surface area contributed by atoms with E-state index >= 15 is 0 Å². The predicted molar refractivity (Wildman–Crippen MR) is 138 cm³/mol. The number of pyridine rings is 1. The Bertz CT molecular complexity index is 1410. The Kier molecular flexibility index (Phi) is 7.41. The number of halogens is 1. The zero-order chi connectivity index (χ0) is 25.7. The van der Waals surface area contributed by atoms with Crippen molar-refractivity contribution in [2.45, 2.75) is 6.92 Å². The van der Waals surface area contributed by atoms with Crippen molar-refractivity contribution in [2.24, 2.45) is 0 Å². The van der Waals surface area contributed by atoms with Crippen LogP contribution in [0.4, 0.5) is 16.2 Å². The number of carbonyl (C=O) groups excluding carboxylic acids is 2. The molecule has 1 heterocycles. The molecule has 0 fully saturated rings. The van der Waals surface area contributed by atoms with E-state index in [1.165, 1.54) is 0 Å². The van der Waals surface area contributed by atoms with Gasteiger partial charge >= 0.3 is 6.03 Å². The molecule has 0 saturated heterocycles. The van der Waals surface area contributed by atoms with Crippen LogP contribution in [0.25, 0.3) is 10.9 Å². The Balaban J connectivity index is 1.52. The van der Waals surface area contributed by atoms with Gasteiger partial charge in [0.2, 0.25) is 6.41 Å². The Morgan fingerprint density at radius 2 is 1.69 bits per heavy atom. The van der Waals surface area contributed by atoms with E-state index in [0.29, 0.717) is 51.3 Å². The largest absolute Gasteiger partial charge is 0.493 e. The molecule has 0 aliphatic heterocycles. The van der Waals surface area contributed by atoms with Crippen LogP contribution in [0.3, 0.4) is 0 Å². The number of carbonyl (C=O) groups is 2. The van der Waals surface area contributed by atoms with Gasteiger partial charge in [-0.3, -0.25) is 15.2 Å². The first-order valence-electron chi connectivity index (χ1n) is 10.8. The first kappa shape index (κ1) is 24.6. The van der Waals surface area contributed by atoms with E-state index < -0.39 is 6.03 Å². The summed E-state index contributed by atoms with van der Waals surface area (Å²) >= 11 is 6.01. The summed E-state index contributed by atoms with van der Waals surface area (Å²) in [5.74, 6) is 2.26. The monoisotopic (exact) mass is 506 g/mol. The van der Waals surface area contributed by atoms with Crippen LogP contribution in [0, 0.1) is 6.92 Å². The van der Waals surface area contributed by atoms with Gasteiger partial charge < -0.3 is 19.5 Å². The van der Waals surface area contributed by atoms with Gasteiger partial charge in [-0.2, -0.15) is 0 Å². The summed E-state index contributed by atoms with van der Waals surface area (Å²) in [6.07, 6.45) is 2.07. The molecule has 0 radical (unpaired) electrons. The normalized spacial score (nSPS) is 10.4. The lowest BCUT2D eigenvalue weighted by Gasteiger charge is -2.23. The van der Waals surface area contributed by atoms with Gasteiger partial charge in [-0.25, -0.2) is 9.80 Å². The lowest BCUT2D eigenvalue weighted by Crippen LogP contribution is -2.45. The van der Waals surface area contributed by atoms with Crippen molar-refractivity contribution in [1.82, 2.24) is 10.4 Å². The third-order valence-corrected chi connectivity index (χ3v) is 5.56. The molecule has 0 unspecified atom stereocenters. The van der Waals surface area contributed by atoms with Crippen molar-refractivity contribution in [3.63, 3.8) is 0 Å². The molecule has 3 amide bonds. The fourth-order valence-corrected chi connectivity index (χ4v) is 3.84. The molecule has 36 heavy (non-hydrogen) atoms. The number of hydrazine groups is 1. The first-order valence-corrected chi connectivity index (χ1v) is 11.2. The minimum atomic E-state index is -0.553. The SMILES string of the molecule is COc1cc2nccc(Oc3ccc(NC(=O)N(NC=O)c4ccc(Cl)cc4C)cc3)c2cc1OC. The quantitative estimate of drug-likeness (QED) is 0.234. The van der Waals surface area contributed by atoms with Crippen molar-refractivity contribution >= 4 is 46.3 Å². The van der Waals surface area contributed by atoms with Gasteiger partial charge in [0, 0.05) is 28.4 Å². The average Bonchev–Trinajstić information content (AvgIpc) is 2.88. The molecule has 0 aliphatic carbocycles. The maximum atomic E-state index is 12.9. The number of benzene rings is 3. The number of aromatic nitrogens is 1. The number of anilines is 2. The summed E-state index contributed by atoms with van der Waals surface area (Å²) in [6.45, 7) is 1.79. The number of nitrogens with zero attached hydrogens (tertiary/aromatic N) is 2. The van der Waals surface area contributed by atoms with E-state index in [9.17, 15) is 9.59 Å². The van der Waals surface area contributed by atoms with Crippen molar-refractivity contribution in [1.29, 1.82) is 0 Å². The van der Waals surface area contributed by atoms with Gasteiger partial charge in [-0.1, -0.05) is 11.6 Å². The van der Waals surface area contributed by atoms with Crippen LogP contribution in [0.2, 0.25) is 5.02 Å². The Hall–Kier alpha value is -4.50. The third kappa shape index (κ3) is 5.26. The topological polar surface area (TPSA) is 102 Å². The molecule has 2 N–H and O–H groups in total. The molecule has 4 rings (SSSR count). The number of hydrogen-bond acceptors (Lipinski definition) is 6. The summed E-state index contributed by atoms with van der Waals surface area (Å²) in [4.78, 5) is 28.4. The molecule has 0 bridgehead atoms. The maximum Gasteiger partial charge on any atom is 0.345 e. The standard InChI is InChI=1S/C26H23ClN4O5/c1-16-12-17(27)4-9-22(16)31(29-15-32)26(33)30-18-5-7-19(8-6-18)36-23-10-11-28-21-14-25(35-3)24(34-2)13-20(21)23/h4-15H,1-3H3,(H,29,32)(H,30,33). The second-order valence-corrected chi connectivity index (χ2v) is 8.04. The van der Waals surface area contributed by atoms with Crippen LogP contribution < -0.4 is 30.0 Å². The third-order valence-electron chi connectivity index (χ3n) is 5.32. The molecule has 3 aromatic carbocycles. The molecular formula is C26H23ClN4O5. The van der Waals surface area contributed by atoms with Gasteiger partial charge in [-0.05, 0) is 67.1 Å².